The first-order chi connectivity index (χ1) is 12.5. The van der Waals surface area contributed by atoms with Gasteiger partial charge >= 0.3 is 5.97 Å². The molecule has 7 heteroatoms. The van der Waals surface area contributed by atoms with Crippen LogP contribution in [0, 0.1) is 5.82 Å². The molecule has 6 nitrogen and oxygen atoms in total. The van der Waals surface area contributed by atoms with E-state index in [-0.39, 0.29) is 5.56 Å². The third kappa shape index (κ3) is 5.47. The number of hydrogen-bond donors (Lipinski definition) is 1. The highest BCUT2D eigenvalue weighted by atomic mass is 19.1. The lowest BCUT2D eigenvalue weighted by atomic mass is 10.1. The monoisotopic (exact) mass is 361 g/mol. The maximum atomic E-state index is 12.8. The second-order valence-corrected chi connectivity index (χ2v) is 5.37. The Hall–Kier alpha value is -3.09. The Bertz CT molecular complexity index is 761. The number of carbonyl (C=O) groups is 2. The van der Waals surface area contributed by atoms with Crippen LogP contribution >= 0.6 is 0 Å². The Labute approximate surface area is 150 Å². The number of benzene rings is 2. The molecule has 0 aliphatic carbocycles. The van der Waals surface area contributed by atoms with Crippen LogP contribution in [0.5, 0.6) is 11.5 Å². The van der Waals surface area contributed by atoms with Crippen LogP contribution in [0.15, 0.2) is 42.5 Å². The molecule has 0 radical (unpaired) electrons. The predicted molar refractivity (Wildman–Crippen MR) is 92.9 cm³/mol. The normalized spacial score (nSPS) is 10.1. The summed E-state index contributed by atoms with van der Waals surface area (Å²) in [6.07, 6.45) is 0.581. The van der Waals surface area contributed by atoms with Crippen LogP contribution < -0.4 is 14.8 Å². The molecule has 2 aromatic rings. The number of nitrogens with one attached hydrogen (secondary N) is 1. The lowest BCUT2D eigenvalue weighted by molar-refractivity contribution is -0.124. The van der Waals surface area contributed by atoms with Gasteiger partial charge < -0.3 is 19.5 Å². The first-order valence-electron chi connectivity index (χ1n) is 7.93. The Balaban J connectivity index is 1.75. The molecule has 0 spiro atoms. The molecule has 0 aromatic heterocycles. The average molecular weight is 361 g/mol. The van der Waals surface area contributed by atoms with Crippen molar-refractivity contribution in [1.29, 1.82) is 0 Å². The molecule has 0 aliphatic heterocycles. The maximum Gasteiger partial charge on any atom is 0.338 e. The second-order valence-electron chi connectivity index (χ2n) is 5.37. The second kappa shape index (κ2) is 9.41. The van der Waals surface area contributed by atoms with E-state index < -0.39 is 24.3 Å². The molecule has 0 atom stereocenters. The summed E-state index contributed by atoms with van der Waals surface area (Å²) in [7, 11) is 3.11. The maximum absolute atomic E-state index is 12.8. The van der Waals surface area contributed by atoms with E-state index in [2.05, 4.69) is 5.32 Å². The largest absolute Gasteiger partial charge is 0.493 e. The number of hydrogen-bond acceptors (Lipinski definition) is 5. The minimum atomic E-state index is -0.681. The van der Waals surface area contributed by atoms with Gasteiger partial charge in [-0.05, 0) is 48.4 Å². The number of ether oxygens (including phenoxy) is 3. The molecule has 0 aliphatic rings. The van der Waals surface area contributed by atoms with Crippen molar-refractivity contribution in [2.75, 3.05) is 27.4 Å². The van der Waals surface area contributed by atoms with Crippen molar-refractivity contribution in [3.63, 3.8) is 0 Å². The molecule has 1 amide bonds. The van der Waals surface area contributed by atoms with E-state index in [1.165, 1.54) is 12.1 Å². The van der Waals surface area contributed by atoms with Crippen molar-refractivity contribution in [2.24, 2.45) is 0 Å². The average Bonchev–Trinajstić information content (AvgIpc) is 2.66. The molecule has 0 saturated carbocycles. The van der Waals surface area contributed by atoms with Crippen molar-refractivity contribution in [3.8, 4) is 11.5 Å². The SMILES string of the molecule is COc1ccc(CCNC(=O)COC(=O)c2ccc(F)cc2)cc1OC. The van der Waals surface area contributed by atoms with Gasteiger partial charge in [0.15, 0.2) is 18.1 Å². The summed E-state index contributed by atoms with van der Waals surface area (Å²) in [5, 5.41) is 2.66. The molecule has 0 saturated heterocycles. The number of amides is 1. The first kappa shape index (κ1) is 19.2. The zero-order valence-electron chi connectivity index (χ0n) is 14.6. The smallest absolute Gasteiger partial charge is 0.338 e. The fraction of sp³-hybridized carbons (Fsp3) is 0.263. The summed E-state index contributed by atoms with van der Waals surface area (Å²) >= 11 is 0. The van der Waals surface area contributed by atoms with Crippen LogP contribution in [-0.4, -0.2) is 39.2 Å². The summed E-state index contributed by atoms with van der Waals surface area (Å²) in [5.41, 5.74) is 1.15. The lowest BCUT2D eigenvalue weighted by Gasteiger charge is -2.10. The fourth-order valence-corrected chi connectivity index (χ4v) is 2.23. The van der Waals surface area contributed by atoms with Gasteiger partial charge in [-0.1, -0.05) is 6.07 Å². The summed E-state index contributed by atoms with van der Waals surface area (Å²) in [6.45, 7) is -0.0233. The third-order valence-corrected chi connectivity index (χ3v) is 3.60. The van der Waals surface area contributed by atoms with Gasteiger partial charge in [0.2, 0.25) is 0 Å². The number of esters is 1. The molecular weight excluding hydrogens is 341 g/mol. The van der Waals surface area contributed by atoms with Crippen molar-refractivity contribution >= 4 is 11.9 Å². The Morgan fingerprint density at radius 2 is 1.69 bits per heavy atom. The van der Waals surface area contributed by atoms with Crippen LogP contribution in [0.1, 0.15) is 15.9 Å². The third-order valence-electron chi connectivity index (χ3n) is 3.60. The van der Waals surface area contributed by atoms with Gasteiger partial charge in [-0.2, -0.15) is 0 Å². The number of halogens is 1. The van der Waals surface area contributed by atoms with Gasteiger partial charge in [0.25, 0.3) is 5.91 Å². The summed E-state index contributed by atoms with van der Waals surface area (Å²) in [5.74, 6) is -0.298. The van der Waals surface area contributed by atoms with Crippen LogP contribution in [0.2, 0.25) is 0 Å². The quantitative estimate of drug-likeness (QED) is 0.731. The van der Waals surface area contributed by atoms with Crippen LogP contribution in [0.25, 0.3) is 0 Å². The topological polar surface area (TPSA) is 73.9 Å². The minimum absolute atomic E-state index is 0.185. The lowest BCUT2D eigenvalue weighted by Crippen LogP contribution is -2.30. The molecule has 26 heavy (non-hydrogen) atoms. The number of methoxy groups -OCH3 is 2. The van der Waals surface area contributed by atoms with Crippen LogP contribution in [-0.2, 0) is 16.0 Å². The van der Waals surface area contributed by atoms with Gasteiger partial charge in [0.1, 0.15) is 5.82 Å². The van der Waals surface area contributed by atoms with Gasteiger partial charge in [-0.15, -0.1) is 0 Å². The van der Waals surface area contributed by atoms with E-state index in [0.29, 0.717) is 24.5 Å². The van der Waals surface area contributed by atoms with Gasteiger partial charge in [-0.3, -0.25) is 4.79 Å². The Morgan fingerprint density at radius 3 is 2.35 bits per heavy atom. The molecule has 2 rings (SSSR count). The summed E-state index contributed by atoms with van der Waals surface area (Å²) in [4.78, 5) is 23.5. The molecule has 0 fully saturated rings. The summed E-state index contributed by atoms with van der Waals surface area (Å²) in [6, 6.07) is 10.4. The molecular formula is C19H20FNO5. The molecule has 0 bridgehead atoms. The van der Waals surface area contributed by atoms with Gasteiger partial charge in [0.05, 0.1) is 19.8 Å². The highest BCUT2D eigenvalue weighted by Crippen LogP contribution is 2.27. The Kier molecular flexibility index (Phi) is 6.96. The Morgan fingerprint density at radius 1 is 1.00 bits per heavy atom. The van der Waals surface area contributed by atoms with Gasteiger partial charge in [-0.25, -0.2) is 9.18 Å². The highest BCUT2D eigenvalue weighted by Gasteiger charge is 2.10. The van der Waals surface area contributed by atoms with Crippen molar-refractivity contribution in [2.45, 2.75) is 6.42 Å². The zero-order valence-corrected chi connectivity index (χ0v) is 14.6. The first-order valence-corrected chi connectivity index (χ1v) is 7.93. The zero-order chi connectivity index (χ0) is 18.9. The van der Waals surface area contributed by atoms with Crippen LogP contribution in [0.3, 0.4) is 0 Å². The van der Waals surface area contributed by atoms with Crippen molar-refractivity contribution in [3.05, 3.63) is 59.4 Å². The standard InChI is InChI=1S/C19H20FNO5/c1-24-16-8-3-13(11-17(16)25-2)9-10-21-18(22)12-26-19(23)14-4-6-15(20)7-5-14/h3-8,11H,9-10,12H2,1-2H3,(H,21,22). The molecule has 0 unspecified atom stereocenters. The minimum Gasteiger partial charge on any atom is -0.493 e. The van der Waals surface area contributed by atoms with E-state index >= 15 is 0 Å². The predicted octanol–water partition coefficient (Wildman–Crippen LogP) is 2.36. The molecule has 1 N–H and O–H groups in total. The van der Waals surface area contributed by atoms with E-state index in [0.717, 1.165) is 17.7 Å². The van der Waals surface area contributed by atoms with E-state index in [4.69, 9.17) is 14.2 Å². The van der Waals surface area contributed by atoms with Crippen molar-refractivity contribution < 1.29 is 28.2 Å². The molecule has 0 heterocycles. The van der Waals surface area contributed by atoms with E-state index in [1.807, 2.05) is 12.1 Å². The van der Waals surface area contributed by atoms with Gasteiger partial charge in [0, 0.05) is 6.54 Å². The number of rotatable bonds is 8. The molecule has 2 aromatic carbocycles. The highest BCUT2D eigenvalue weighted by molar-refractivity contribution is 5.91. The summed E-state index contributed by atoms with van der Waals surface area (Å²) < 4.78 is 28.1. The fourth-order valence-electron chi connectivity index (χ4n) is 2.23. The number of carbonyl (C=O) groups excluding carboxylic acids is 2. The van der Waals surface area contributed by atoms with Crippen molar-refractivity contribution in [1.82, 2.24) is 5.32 Å². The van der Waals surface area contributed by atoms with Crippen LogP contribution in [0.4, 0.5) is 4.39 Å². The van der Waals surface area contributed by atoms with E-state index in [9.17, 15) is 14.0 Å². The van der Waals surface area contributed by atoms with E-state index in [1.54, 1.807) is 20.3 Å². The molecule has 138 valence electrons.